The smallest absolute Gasteiger partial charge is 0.267 e. The van der Waals surface area contributed by atoms with E-state index in [1.807, 2.05) is 18.2 Å². The Hall–Kier alpha value is -3.22. The van der Waals surface area contributed by atoms with Crippen LogP contribution in [0.2, 0.25) is 0 Å². The molecule has 7 heteroatoms. The number of benzene rings is 1. The molecule has 2 amide bonds. The molecule has 0 radical (unpaired) electrons. The first-order valence-electron chi connectivity index (χ1n) is 7.90. The summed E-state index contributed by atoms with van der Waals surface area (Å²) in [4.78, 5) is 27.0. The summed E-state index contributed by atoms with van der Waals surface area (Å²) in [6, 6.07) is 10.8. The van der Waals surface area contributed by atoms with Crippen LogP contribution in [0.15, 0.2) is 47.1 Å². The number of carbonyl (C=O) groups is 2. The predicted molar refractivity (Wildman–Crippen MR) is 92.4 cm³/mol. The van der Waals surface area contributed by atoms with Crippen molar-refractivity contribution in [1.29, 1.82) is 0 Å². The molecule has 0 aliphatic heterocycles. The summed E-state index contributed by atoms with van der Waals surface area (Å²) in [6.45, 7) is 0.580. The minimum absolute atomic E-state index is 0.157. The third-order valence-corrected chi connectivity index (χ3v) is 3.77. The zero-order chi connectivity index (χ0) is 17.6. The maximum Gasteiger partial charge on any atom is 0.267 e. The van der Waals surface area contributed by atoms with E-state index in [0.29, 0.717) is 23.7 Å². The summed E-state index contributed by atoms with van der Waals surface area (Å²) < 4.78 is 10.4. The van der Waals surface area contributed by atoms with Crippen molar-refractivity contribution < 1.29 is 18.7 Å². The van der Waals surface area contributed by atoms with Crippen LogP contribution < -0.4 is 15.4 Å². The molecule has 0 bridgehead atoms. The SMILES string of the molecule is COc1cccc2[nH]c(C(=O)NCCC(=O)NCc3ccco3)cc12. The quantitative estimate of drug-likeness (QED) is 0.614. The molecule has 130 valence electrons. The van der Waals surface area contributed by atoms with E-state index in [4.69, 9.17) is 9.15 Å². The van der Waals surface area contributed by atoms with E-state index in [2.05, 4.69) is 15.6 Å². The lowest BCUT2D eigenvalue weighted by molar-refractivity contribution is -0.121. The van der Waals surface area contributed by atoms with Crippen LogP contribution in [0, 0.1) is 0 Å². The number of fused-ring (bicyclic) bond motifs is 1. The molecule has 0 saturated heterocycles. The molecule has 0 aliphatic rings. The molecule has 3 N–H and O–H groups in total. The van der Waals surface area contributed by atoms with Gasteiger partial charge < -0.3 is 24.8 Å². The Kier molecular flexibility index (Phi) is 5.03. The van der Waals surface area contributed by atoms with Gasteiger partial charge in [-0.05, 0) is 30.3 Å². The van der Waals surface area contributed by atoms with E-state index in [0.717, 1.165) is 10.9 Å². The molecule has 3 aromatic rings. The summed E-state index contributed by atoms with van der Waals surface area (Å²) in [5.74, 6) is 0.960. The van der Waals surface area contributed by atoms with Crippen LogP contribution in [-0.4, -0.2) is 30.5 Å². The highest BCUT2D eigenvalue weighted by Crippen LogP contribution is 2.25. The molecule has 0 saturated carbocycles. The molecular weight excluding hydrogens is 322 g/mol. The Morgan fingerprint density at radius 3 is 2.84 bits per heavy atom. The summed E-state index contributed by atoms with van der Waals surface area (Å²) in [5.41, 5.74) is 1.25. The van der Waals surface area contributed by atoms with Crippen molar-refractivity contribution in [3.63, 3.8) is 0 Å². The topological polar surface area (TPSA) is 96.4 Å². The molecule has 0 fully saturated rings. The number of aromatic amines is 1. The van der Waals surface area contributed by atoms with Gasteiger partial charge >= 0.3 is 0 Å². The Morgan fingerprint density at radius 1 is 1.20 bits per heavy atom. The maximum absolute atomic E-state index is 12.2. The molecule has 2 aromatic heterocycles. The number of hydrogen-bond acceptors (Lipinski definition) is 4. The van der Waals surface area contributed by atoms with Crippen LogP contribution in [0.1, 0.15) is 22.7 Å². The molecule has 25 heavy (non-hydrogen) atoms. The third kappa shape index (κ3) is 4.00. The molecule has 7 nitrogen and oxygen atoms in total. The third-order valence-electron chi connectivity index (χ3n) is 3.77. The number of hydrogen-bond donors (Lipinski definition) is 3. The van der Waals surface area contributed by atoms with Crippen molar-refractivity contribution in [3.8, 4) is 5.75 Å². The number of carbonyl (C=O) groups excluding carboxylic acids is 2. The molecule has 0 unspecified atom stereocenters. The fourth-order valence-corrected chi connectivity index (χ4v) is 2.50. The Labute approximate surface area is 144 Å². The average Bonchev–Trinajstić information content (AvgIpc) is 3.28. The maximum atomic E-state index is 12.2. The zero-order valence-electron chi connectivity index (χ0n) is 13.8. The summed E-state index contributed by atoms with van der Waals surface area (Å²) >= 11 is 0. The van der Waals surface area contributed by atoms with E-state index in [-0.39, 0.29) is 24.8 Å². The number of H-pyrrole nitrogens is 1. The molecule has 0 spiro atoms. The second-order valence-corrected chi connectivity index (χ2v) is 5.47. The number of furan rings is 1. The lowest BCUT2D eigenvalue weighted by Gasteiger charge is -2.05. The van der Waals surface area contributed by atoms with Gasteiger partial charge in [-0.3, -0.25) is 9.59 Å². The van der Waals surface area contributed by atoms with Gasteiger partial charge in [0.1, 0.15) is 17.2 Å². The van der Waals surface area contributed by atoms with Crippen molar-refractivity contribution in [2.75, 3.05) is 13.7 Å². The number of amides is 2. The van der Waals surface area contributed by atoms with Crippen LogP contribution in [-0.2, 0) is 11.3 Å². The first-order valence-corrected chi connectivity index (χ1v) is 7.90. The highest BCUT2D eigenvalue weighted by molar-refractivity contribution is 5.99. The van der Waals surface area contributed by atoms with Crippen molar-refractivity contribution in [2.24, 2.45) is 0 Å². The monoisotopic (exact) mass is 341 g/mol. The highest BCUT2D eigenvalue weighted by Gasteiger charge is 2.12. The Morgan fingerprint density at radius 2 is 2.08 bits per heavy atom. The molecule has 0 atom stereocenters. The van der Waals surface area contributed by atoms with Gasteiger partial charge in [0.25, 0.3) is 5.91 Å². The van der Waals surface area contributed by atoms with Crippen molar-refractivity contribution in [2.45, 2.75) is 13.0 Å². The standard InChI is InChI=1S/C18H19N3O4/c1-24-16-6-2-5-14-13(16)10-15(21-14)18(23)19-8-7-17(22)20-11-12-4-3-9-25-12/h2-6,9-10,21H,7-8,11H2,1H3,(H,19,23)(H,20,22). The van der Waals surface area contributed by atoms with E-state index < -0.39 is 0 Å². The van der Waals surface area contributed by atoms with Gasteiger partial charge in [-0.15, -0.1) is 0 Å². The Bertz CT molecular complexity index is 868. The van der Waals surface area contributed by atoms with E-state index in [1.165, 1.54) is 0 Å². The van der Waals surface area contributed by atoms with E-state index in [9.17, 15) is 9.59 Å². The van der Waals surface area contributed by atoms with Crippen LogP contribution >= 0.6 is 0 Å². The predicted octanol–water partition coefficient (Wildman–Crippen LogP) is 2.21. The number of aromatic nitrogens is 1. The first kappa shape index (κ1) is 16.6. The average molecular weight is 341 g/mol. The summed E-state index contributed by atoms with van der Waals surface area (Å²) in [7, 11) is 1.59. The van der Waals surface area contributed by atoms with Crippen molar-refractivity contribution >= 4 is 22.7 Å². The van der Waals surface area contributed by atoms with Gasteiger partial charge in [-0.2, -0.15) is 0 Å². The van der Waals surface area contributed by atoms with Gasteiger partial charge in [-0.1, -0.05) is 6.07 Å². The van der Waals surface area contributed by atoms with E-state index >= 15 is 0 Å². The number of ether oxygens (including phenoxy) is 1. The largest absolute Gasteiger partial charge is 0.496 e. The minimum Gasteiger partial charge on any atom is -0.496 e. The van der Waals surface area contributed by atoms with Gasteiger partial charge in [0, 0.05) is 23.9 Å². The van der Waals surface area contributed by atoms with Crippen molar-refractivity contribution in [1.82, 2.24) is 15.6 Å². The lowest BCUT2D eigenvalue weighted by Crippen LogP contribution is -2.30. The van der Waals surface area contributed by atoms with Crippen LogP contribution in [0.3, 0.4) is 0 Å². The van der Waals surface area contributed by atoms with Crippen LogP contribution in [0.4, 0.5) is 0 Å². The lowest BCUT2D eigenvalue weighted by atomic mass is 10.2. The molecular formula is C18H19N3O4. The second-order valence-electron chi connectivity index (χ2n) is 5.47. The molecule has 2 heterocycles. The molecule has 1 aromatic carbocycles. The van der Waals surface area contributed by atoms with E-state index in [1.54, 1.807) is 31.6 Å². The fraction of sp³-hybridized carbons (Fsp3) is 0.222. The molecule has 0 aliphatic carbocycles. The van der Waals surface area contributed by atoms with Crippen LogP contribution in [0.5, 0.6) is 5.75 Å². The fourth-order valence-electron chi connectivity index (χ4n) is 2.50. The summed E-state index contributed by atoms with van der Waals surface area (Å²) in [5, 5.41) is 6.29. The second kappa shape index (κ2) is 7.57. The minimum atomic E-state index is -0.267. The Balaban J connectivity index is 1.50. The van der Waals surface area contributed by atoms with Crippen LogP contribution in [0.25, 0.3) is 10.9 Å². The zero-order valence-corrected chi connectivity index (χ0v) is 13.8. The number of nitrogens with one attached hydrogen (secondary N) is 3. The summed E-state index contributed by atoms with van der Waals surface area (Å²) in [6.07, 6.45) is 1.74. The normalized spacial score (nSPS) is 10.6. The number of rotatable bonds is 7. The van der Waals surface area contributed by atoms with Gasteiger partial charge in [-0.25, -0.2) is 0 Å². The van der Waals surface area contributed by atoms with Gasteiger partial charge in [0.15, 0.2) is 0 Å². The number of methoxy groups -OCH3 is 1. The molecule has 3 rings (SSSR count). The first-order chi connectivity index (χ1) is 12.2. The highest BCUT2D eigenvalue weighted by atomic mass is 16.5. The van der Waals surface area contributed by atoms with Gasteiger partial charge in [0.05, 0.1) is 19.9 Å². The van der Waals surface area contributed by atoms with Gasteiger partial charge in [0.2, 0.25) is 5.91 Å². The van der Waals surface area contributed by atoms with Crippen molar-refractivity contribution in [3.05, 3.63) is 54.1 Å².